The van der Waals surface area contributed by atoms with E-state index in [-0.39, 0.29) is 17.2 Å². The Hall–Kier alpha value is -2.50. The molecule has 0 bridgehead atoms. The van der Waals surface area contributed by atoms with Crippen LogP contribution in [0.15, 0.2) is 30.5 Å². The standard InChI is InChI=1S/C13H12FN3O2/c1-8-15-7-11(13(18)19)12(17-8)16-6-9-2-4-10(14)5-3-9/h2-5,7H,6H2,1H3,(H,18,19)(H,15,16,17). The van der Waals surface area contributed by atoms with Crippen LogP contribution >= 0.6 is 0 Å². The molecule has 19 heavy (non-hydrogen) atoms. The van der Waals surface area contributed by atoms with E-state index in [1.54, 1.807) is 19.1 Å². The number of anilines is 1. The fourth-order valence-corrected chi connectivity index (χ4v) is 1.55. The molecule has 0 saturated heterocycles. The molecule has 0 radical (unpaired) electrons. The molecule has 0 unspecified atom stereocenters. The minimum atomic E-state index is -1.10. The van der Waals surface area contributed by atoms with E-state index >= 15 is 0 Å². The van der Waals surface area contributed by atoms with Crippen molar-refractivity contribution < 1.29 is 14.3 Å². The third-order valence-electron chi connectivity index (χ3n) is 2.51. The summed E-state index contributed by atoms with van der Waals surface area (Å²) < 4.78 is 12.8. The summed E-state index contributed by atoms with van der Waals surface area (Å²) in [6.07, 6.45) is 1.26. The van der Waals surface area contributed by atoms with Crippen molar-refractivity contribution in [3.05, 3.63) is 53.2 Å². The molecule has 0 aliphatic rings. The van der Waals surface area contributed by atoms with E-state index in [1.165, 1.54) is 18.3 Å². The van der Waals surface area contributed by atoms with Crippen molar-refractivity contribution in [2.75, 3.05) is 5.32 Å². The third-order valence-corrected chi connectivity index (χ3v) is 2.51. The van der Waals surface area contributed by atoms with Crippen molar-refractivity contribution in [2.45, 2.75) is 13.5 Å². The summed E-state index contributed by atoms with van der Waals surface area (Å²) in [5, 5.41) is 11.9. The summed E-state index contributed by atoms with van der Waals surface area (Å²) in [7, 11) is 0. The molecular weight excluding hydrogens is 249 g/mol. The Morgan fingerprint density at radius 1 is 1.37 bits per heavy atom. The molecule has 6 heteroatoms. The Labute approximate surface area is 109 Å². The summed E-state index contributed by atoms with van der Waals surface area (Å²) in [5.41, 5.74) is 0.835. The topological polar surface area (TPSA) is 75.1 Å². The Morgan fingerprint density at radius 2 is 2.05 bits per heavy atom. The molecule has 98 valence electrons. The van der Waals surface area contributed by atoms with Gasteiger partial charge in [-0.15, -0.1) is 0 Å². The molecule has 1 aromatic carbocycles. The lowest BCUT2D eigenvalue weighted by molar-refractivity contribution is 0.0697. The number of hydrogen-bond donors (Lipinski definition) is 2. The third kappa shape index (κ3) is 3.25. The minimum Gasteiger partial charge on any atom is -0.477 e. The van der Waals surface area contributed by atoms with Gasteiger partial charge in [0.15, 0.2) is 0 Å². The van der Waals surface area contributed by atoms with Crippen LogP contribution in [-0.2, 0) is 6.54 Å². The van der Waals surface area contributed by atoms with Crippen LogP contribution in [0.1, 0.15) is 21.7 Å². The summed E-state index contributed by atoms with van der Waals surface area (Å²) in [6.45, 7) is 2.03. The summed E-state index contributed by atoms with van der Waals surface area (Å²) in [4.78, 5) is 18.9. The molecule has 0 fully saturated rings. The summed E-state index contributed by atoms with van der Waals surface area (Å²) in [5.74, 6) is -0.676. The van der Waals surface area contributed by atoms with Crippen molar-refractivity contribution in [3.63, 3.8) is 0 Å². The predicted molar refractivity (Wildman–Crippen MR) is 67.5 cm³/mol. The van der Waals surface area contributed by atoms with Crippen LogP contribution in [0.25, 0.3) is 0 Å². The van der Waals surface area contributed by atoms with E-state index in [2.05, 4.69) is 15.3 Å². The Balaban J connectivity index is 2.16. The first-order valence-electron chi connectivity index (χ1n) is 5.61. The molecule has 2 aromatic rings. The molecule has 0 aliphatic carbocycles. The van der Waals surface area contributed by atoms with Crippen LogP contribution in [0, 0.1) is 12.7 Å². The highest BCUT2D eigenvalue weighted by atomic mass is 19.1. The maximum Gasteiger partial charge on any atom is 0.341 e. The van der Waals surface area contributed by atoms with Crippen LogP contribution in [0.3, 0.4) is 0 Å². The highest BCUT2D eigenvalue weighted by Gasteiger charge is 2.12. The van der Waals surface area contributed by atoms with E-state index in [1.807, 2.05) is 0 Å². The number of benzene rings is 1. The lowest BCUT2D eigenvalue weighted by Crippen LogP contribution is -2.10. The average molecular weight is 261 g/mol. The number of carboxylic acid groups (broad SMARTS) is 1. The number of aryl methyl sites for hydroxylation is 1. The molecule has 0 aliphatic heterocycles. The molecule has 0 amide bonds. The van der Waals surface area contributed by atoms with E-state index in [0.717, 1.165) is 5.56 Å². The normalized spacial score (nSPS) is 10.2. The molecule has 0 saturated carbocycles. The molecular formula is C13H12FN3O2. The van der Waals surface area contributed by atoms with Crippen LogP contribution in [0.5, 0.6) is 0 Å². The second-order valence-electron chi connectivity index (χ2n) is 3.96. The van der Waals surface area contributed by atoms with Gasteiger partial charge in [0.05, 0.1) is 0 Å². The first-order chi connectivity index (χ1) is 9.06. The maximum atomic E-state index is 12.8. The fraction of sp³-hybridized carbons (Fsp3) is 0.154. The van der Waals surface area contributed by atoms with Crippen LogP contribution in [0.2, 0.25) is 0 Å². The number of carbonyl (C=O) groups is 1. The molecule has 5 nitrogen and oxygen atoms in total. The van der Waals surface area contributed by atoms with Crippen molar-refractivity contribution in [2.24, 2.45) is 0 Å². The zero-order valence-corrected chi connectivity index (χ0v) is 10.2. The number of nitrogens with zero attached hydrogens (tertiary/aromatic N) is 2. The largest absolute Gasteiger partial charge is 0.477 e. The lowest BCUT2D eigenvalue weighted by atomic mass is 10.2. The highest BCUT2D eigenvalue weighted by Crippen LogP contribution is 2.13. The minimum absolute atomic E-state index is 0.00714. The summed E-state index contributed by atoms with van der Waals surface area (Å²) >= 11 is 0. The van der Waals surface area contributed by atoms with Gasteiger partial charge in [-0.2, -0.15) is 0 Å². The average Bonchev–Trinajstić information content (AvgIpc) is 2.38. The van der Waals surface area contributed by atoms with Crippen molar-refractivity contribution in [3.8, 4) is 0 Å². The maximum absolute atomic E-state index is 12.8. The van der Waals surface area contributed by atoms with Crippen molar-refractivity contribution in [1.82, 2.24) is 9.97 Å². The van der Waals surface area contributed by atoms with Gasteiger partial charge in [0.25, 0.3) is 0 Å². The molecule has 2 rings (SSSR count). The van der Waals surface area contributed by atoms with Gasteiger partial charge in [0.1, 0.15) is 23.0 Å². The predicted octanol–water partition coefficient (Wildman–Crippen LogP) is 2.23. The van der Waals surface area contributed by atoms with Gasteiger partial charge < -0.3 is 10.4 Å². The Morgan fingerprint density at radius 3 is 2.68 bits per heavy atom. The van der Waals surface area contributed by atoms with Crippen molar-refractivity contribution in [1.29, 1.82) is 0 Å². The first kappa shape index (κ1) is 12.9. The van der Waals surface area contributed by atoms with Gasteiger partial charge in [-0.05, 0) is 24.6 Å². The quantitative estimate of drug-likeness (QED) is 0.882. The van der Waals surface area contributed by atoms with Gasteiger partial charge in [0, 0.05) is 12.7 Å². The first-order valence-corrected chi connectivity index (χ1v) is 5.61. The smallest absolute Gasteiger partial charge is 0.341 e. The van der Waals surface area contributed by atoms with Gasteiger partial charge in [-0.3, -0.25) is 0 Å². The Kier molecular flexibility index (Phi) is 3.70. The fourth-order valence-electron chi connectivity index (χ4n) is 1.55. The van der Waals surface area contributed by atoms with Crippen molar-refractivity contribution >= 4 is 11.8 Å². The van der Waals surface area contributed by atoms with Gasteiger partial charge in [-0.25, -0.2) is 19.2 Å². The van der Waals surface area contributed by atoms with Crippen LogP contribution in [0.4, 0.5) is 10.2 Å². The molecule has 2 N–H and O–H groups in total. The number of nitrogens with one attached hydrogen (secondary N) is 1. The molecule has 1 aromatic heterocycles. The number of carboxylic acids is 1. The second kappa shape index (κ2) is 5.43. The molecule has 0 spiro atoms. The highest BCUT2D eigenvalue weighted by molar-refractivity contribution is 5.92. The van der Waals surface area contributed by atoms with E-state index in [0.29, 0.717) is 12.4 Å². The molecule has 0 atom stereocenters. The van der Waals surface area contributed by atoms with Gasteiger partial charge in [-0.1, -0.05) is 12.1 Å². The van der Waals surface area contributed by atoms with Gasteiger partial charge >= 0.3 is 5.97 Å². The Bertz CT molecular complexity index is 599. The molecule has 1 heterocycles. The SMILES string of the molecule is Cc1ncc(C(=O)O)c(NCc2ccc(F)cc2)n1. The second-order valence-corrected chi connectivity index (χ2v) is 3.96. The van der Waals surface area contributed by atoms with Gasteiger partial charge in [0.2, 0.25) is 0 Å². The number of hydrogen-bond acceptors (Lipinski definition) is 4. The van der Waals surface area contributed by atoms with E-state index < -0.39 is 5.97 Å². The zero-order chi connectivity index (χ0) is 13.8. The zero-order valence-electron chi connectivity index (χ0n) is 10.2. The summed E-state index contributed by atoms with van der Waals surface area (Å²) in [6, 6.07) is 5.94. The number of aromatic carboxylic acids is 1. The lowest BCUT2D eigenvalue weighted by Gasteiger charge is -2.09. The van der Waals surface area contributed by atoms with E-state index in [4.69, 9.17) is 5.11 Å². The number of halogens is 1. The number of rotatable bonds is 4. The van der Waals surface area contributed by atoms with E-state index in [9.17, 15) is 9.18 Å². The van der Waals surface area contributed by atoms with Crippen LogP contribution in [-0.4, -0.2) is 21.0 Å². The number of aromatic nitrogens is 2. The monoisotopic (exact) mass is 261 g/mol. The van der Waals surface area contributed by atoms with Crippen LogP contribution < -0.4 is 5.32 Å².